The number of hydrogen-bond donors (Lipinski definition) is 1. The molecule has 0 saturated carbocycles. The summed E-state index contributed by atoms with van der Waals surface area (Å²) in [6.07, 6.45) is 0.899. The molecule has 56 valence electrons. The van der Waals surface area contributed by atoms with Crippen molar-refractivity contribution in [1.29, 1.82) is 5.26 Å². The molecule has 1 rings (SSSR count). The number of rotatable bonds is 1. The summed E-state index contributed by atoms with van der Waals surface area (Å²) in [5, 5.41) is 8.21. The average Bonchev–Trinajstić information content (AvgIpc) is 1.98. The monoisotopic (exact) mass is 152 g/mol. The molecule has 1 aromatic heterocycles. The van der Waals surface area contributed by atoms with Crippen molar-refractivity contribution in [1.82, 2.24) is 4.98 Å². The molecule has 1 N–H and O–H groups in total. The molecule has 0 aliphatic carbocycles. The molecule has 0 radical (unpaired) electrons. The number of aromatic amines is 1. The third kappa shape index (κ3) is 1.64. The third-order valence-corrected chi connectivity index (χ3v) is 1.21. The van der Waals surface area contributed by atoms with Crippen LogP contribution in [0.1, 0.15) is 5.56 Å². The van der Waals surface area contributed by atoms with Crippen LogP contribution in [-0.4, -0.2) is 4.98 Å². The van der Waals surface area contributed by atoms with Gasteiger partial charge >= 0.3 is 0 Å². The van der Waals surface area contributed by atoms with Crippen LogP contribution in [0.2, 0.25) is 0 Å². The number of halogens is 1. The van der Waals surface area contributed by atoms with Crippen LogP contribution in [0.15, 0.2) is 17.1 Å². The molecular formula is C7H5FN2O. The van der Waals surface area contributed by atoms with Crippen LogP contribution < -0.4 is 5.56 Å². The largest absolute Gasteiger partial charge is 0.326 e. The summed E-state index contributed by atoms with van der Waals surface area (Å²) in [7, 11) is 0. The van der Waals surface area contributed by atoms with Crippen molar-refractivity contribution in [3.8, 4) is 6.07 Å². The van der Waals surface area contributed by atoms with Gasteiger partial charge in [-0.1, -0.05) is 0 Å². The van der Waals surface area contributed by atoms with E-state index in [4.69, 9.17) is 5.26 Å². The Hall–Kier alpha value is -1.63. The van der Waals surface area contributed by atoms with Crippen LogP contribution >= 0.6 is 0 Å². The van der Waals surface area contributed by atoms with E-state index in [-0.39, 0.29) is 12.0 Å². The van der Waals surface area contributed by atoms with Crippen molar-refractivity contribution in [2.45, 2.75) is 6.42 Å². The van der Waals surface area contributed by atoms with Crippen LogP contribution in [0.4, 0.5) is 4.39 Å². The SMILES string of the molecule is N#CCc1cc(F)c[nH]c1=O. The molecule has 0 spiro atoms. The van der Waals surface area contributed by atoms with Gasteiger partial charge in [0.05, 0.1) is 12.5 Å². The second-order valence-corrected chi connectivity index (χ2v) is 2.01. The fraction of sp³-hybridized carbons (Fsp3) is 0.143. The van der Waals surface area contributed by atoms with Gasteiger partial charge in [-0.05, 0) is 6.07 Å². The summed E-state index contributed by atoms with van der Waals surface area (Å²) < 4.78 is 12.4. The first-order valence-corrected chi connectivity index (χ1v) is 2.98. The van der Waals surface area contributed by atoms with E-state index in [0.29, 0.717) is 0 Å². The van der Waals surface area contributed by atoms with E-state index >= 15 is 0 Å². The highest BCUT2D eigenvalue weighted by atomic mass is 19.1. The van der Waals surface area contributed by atoms with Gasteiger partial charge in [0.15, 0.2) is 0 Å². The predicted octanol–water partition coefficient (Wildman–Crippen LogP) is 0.580. The first kappa shape index (κ1) is 7.48. The smallest absolute Gasteiger partial charge is 0.252 e. The van der Waals surface area contributed by atoms with E-state index in [1.54, 1.807) is 6.07 Å². The third-order valence-electron chi connectivity index (χ3n) is 1.21. The first-order valence-electron chi connectivity index (χ1n) is 2.98. The molecule has 0 aromatic carbocycles. The predicted molar refractivity (Wildman–Crippen MR) is 36.3 cm³/mol. The molecule has 0 amide bonds. The summed E-state index contributed by atoms with van der Waals surface area (Å²) in [5.74, 6) is -0.533. The molecule has 0 aliphatic rings. The Morgan fingerprint density at radius 1 is 1.73 bits per heavy atom. The number of nitriles is 1. The molecular weight excluding hydrogens is 147 g/mol. The summed E-state index contributed by atoms with van der Waals surface area (Å²) in [6, 6.07) is 2.82. The van der Waals surface area contributed by atoms with E-state index in [0.717, 1.165) is 12.3 Å². The molecule has 0 unspecified atom stereocenters. The minimum Gasteiger partial charge on any atom is -0.326 e. The summed E-state index contributed by atoms with van der Waals surface area (Å²) in [4.78, 5) is 13.0. The molecule has 0 aliphatic heterocycles. The zero-order valence-corrected chi connectivity index (χ0v) is 5.60. The first-order chi connectivity index (χ1) is 5.24. The maximum atomic E-state index is 12.4. The highest BCUT2D eigenvalue weighted by Gasteiger charge is 1.99. The number of H-pyrrole nitrogens is 1. The molecule has 3 nitrogen and oxygen atoms in total. The molecule has 1 heterocycles. The van der Waals surface area contributed by atoms with Crippen molar-refractivity contribution in [3.63, 3.8) is 0 Å². The Labute approximate surface area is 62.1 Å². The maximum Gasteiger partial charge on any atom is 0.252 e. The molecule has 0 atom stereocenters. The van der Waals surface area contributed by atoms with Crippen LogP contribution in [0.25, 0.3) is 0 Å². The van der Waals surface area contributed by atoms with Gasteiger partial charge in [0.1, 0.15) is 5.82 Å². The number of nitrogens with one attached hydrogen (secondary N) is 1. The van der Waals surface area contributed by atoms with Gasteiger partial charge in [-0.25, -0.2) is 4.39 Å². The lowest BCUT2D eigenvalue weighted by Crippen LogP contribution is -2.11. The minimum atomic E-state index is -0.533. The van der Waals surface area contributed by atoms with Gasteiger partial charge in [0.25, 0.3) is 5.56 Å². The second-order valence-electron chi connectivity index (χ2n) is 2.01. The van der Waals surface area contributed by atoms with Crippen molar-refractivity contribution in [3.05, 3.63) is 34.0 Å². The Kier molecular flexibility index (Phi) is 2.02. The summed E-state index contributed by atoms with van der Waals surface area (Å²) >= 11 is 0. The fourth-order valence-electron chi connectivity index (χ4n) is 0.717. The number of nitrogens with zero attached hydrogens (tertiary/aromatic N) is 1. The number of pyridine rings is 1. The fourth-order valence-corrected chi connectivity index (χ4v) is 0.717. The Bertz CT molecular complexity index is 350. The van der Waals surface area contributed by atoms with E-state index in [2.05, 4.69) is 4.98 Å². The standard InChI is InChI=1S/C7H5FN2O/c8-6-3-5(1-2-9)7(11)10-4-6/h3-4H,1H2,(H,10,11). The molecule has 0 fully saturated rings. The summed E-state index contributed by atoms with van der Waals surface area (Å²) in [6.45, 7) is 0. The average molecular weight is 152 g/mol. The van der Waals surface area contributed by atoms with E-state index < -0.39 is 11.4 Å². The maximum absolute atomic E-state index is 12.4. The van der Waals surface area contributed by atoms with Crippen molar-refractivity contribution >= 4 is 0 Å². The van der Waals surface area contributed by atoms with Crippen LogP contribution in [-0.2, 0) is 6.42 Å². The lowest BCUT2D eigenvalue weighted by Gasteiger charge is -1.91. The topological polar surface area (TPSA) is 56.6 Å². The normalized spacial score (nSPS) is 9.09. The van der Waals surface area contributed by atoms with Gasteiger partial charge in [-0.15, -0.1) is 0 Å². The van der Waals surface area contributed by atoms with Crippen molar-refractivity contribution in [2.75, 3.05) is 0 Å². The zero-order valence-electron chi connectivity index (χ0n) is 5.60. The Morgan fingerprint density at radius 2 is 2.45 bits per heavy atom. The van der Waals surface area contributed by atoms with Gasteiger partial charge in [0.2, 0.25) is 0 Å². The van der Waals surface area contributed by atoms with E-state index in [9.17, 15) is 9.18 Å². The zero-order chi connectivity index (χ0) is 8.27. The Morgan fingerprint density at radius 3 is 3.09 bits per heavy atom. The van der Waals surface area contributed by atoms with Crippen LogP contribution in [0, 0.1) is 17.1 Å². The van der Waals surface area contributed by atoms with Crippen molar-refractivity contribution in [2.24, 2.45) is 0 Å². The van der Waals surface area contributed by atoms with Crippen LogP contribution in [0.5, 0.6) is 0 Å². The van der Waals surface area contributed by atoms with Gasteiger partial charge in [-0.2, -0.15) is 5.26 Å². The highest BCUT2D eigenvalue weighted by molar-refractivity contribution is 5.14. The molecule has 4 heteroatoms. The van der Waals surface area contributed by atoms with Gasteiger partial charge < -0.3 is 4.98 Å². The lowest BCUT2D eigenvalue weighted by atomic mass is 10.2. The van der Waals surface area contributed by atoms with Crippen molar-refractivity contribution < 1.29 is 4.39 Å². The molecule has 0 bridgehead atoms. The highest BCUT2D eigenvalue weighted by Crippen LogP contribution is 1.95. The summed E-state index contributed by atoms with van der Waals surface area (Å²) in [5.41, 5.74) is -0.250. The lowest BCUT2D eigenvalue weighted by molar-refractivity contribution is 0.617. The van der Waals surface area contributed by atoms with E-state index in [1.165, 1.54) is 0 Å². The number of aromatic nitrogens is 1. The van der Waals surface area contributed by atoms with Gasteiger partial charge in [-0.3, -0.25) is 4.79 Å². The van der Waals surface area contributed by atoms with E-state index in [1.807, 2.05) is 0 Å². The molecule has 11 heavy (non-hydrogen) atoms. The minimum absolute atomic E-state index is 0.0624. The van der Waals surface area contributed by atoms with Crippen LogP contribution in [0.3, 0.4) is 0 Å². The quantitative estimate of drug-likeness (QED) is 0.639. The second kappa shape index (κ2) is 2.97. The Balaban J connectivity index is 3.15. The number of hydrogen-bond acceptors (Lipinski definition) is 2. The van der Waals surface area contributed by atoms with Gasteiger partial charge in [0, 0.05) is 11.8 Å². The molecule has 0 saturated heterocycles. The molecule has 1 aromatic rings.